The lowest BCUT2D eigenvalue weighted by atomic mass is 10.1. The lowest BCUT2D eigenvalue weighted by Crippen LogP contribution is -2.44. The summed E-state index contributed by atoms with van der Waals surface area (Å²) >= 11 is 0. The van der Waals surface area contributed by atoms with Crippen LogP contribution in [0.1, 0.15) is 22.8 Å². The molecular weight excluding hydrogens is 356 g/mol. The molecule has 140 valence electrons. The standard InChI is InChI=1S/C17H16N4O6/c1-11(16(22)18-10-12-5-3-2-4-6-12)19-17(23)13-7-14(20(24)25)9-15(8-13)21(26)27/h2-9,11H,10H2,1H3,(H,18,22)(H,19,23). The highest BCUT2D eigenvalue weighted by molar-refractivity contribution is 5.98. The van der Waals surface area contributed by atoms with Crippen LogP contribution in [0.15, 0.2) is 48.5 Å². The Hall–Kier alpha value is -3.82. The van der Waals surface area contributed by atoms with Crippen LogP contribution in [0.4, 0.5) is 11.4 Å². The number of hydrogen-bond acceptors (Lipinski definition) is 6. The zero-order valence-electron chi connectivity index (χ0n) is 14.2. The zero-order valence-corrected chi connectivity index (χ0v) is 14.2. The Kier molecular flexibility index (Phi) is 6.15. The number of carbonyl (C=O) groups is 2. The first-order valence-electron chi connectivity index (χ1n) is 7.84. The summed E-state index contributed by atoms with van der Waals surface area (Å²) in [7, 11) is 0. The number of hydrogen-bond donors (Lipinski definition) is 2. The molecule has 0 aromatic heterocycles. The molecule has 0 fully saturated rings. The number of nitro benzene ring substituents is 2. The Balaban J connectivity index is 2.06. The smallest absolute Gasteiger partial charge is 0.277 e. The van der Waals surface area contributed by atoms with Gasteiger partial charge in [-0.3, -0.25) is 29.8 Å². The summed E-state index contributed by atoms with van der Waals surface area (Å²) in [5, 5.41) is 26.8. The largest absolute Gasteiger partial charge is 0.350 e. The molecule has 0 aliphatic heterocycles. The van der Waals surface area contributed by atoms with E-state index >= 15 is 0 Å². The Morgan fingerprint density at radius 3 is 2.07 bits per heavy atom. The number of nitro groups is 2. The fourth-order valence-corrected chi connectivity index (χ4v) is 2.22. The number of non-ortho nitro benzene ring substituents is 2. The van der Waals surface area contributed by atoms with Crippen molar-refractivity contribution in [2.75, 3.05) is 0 Å². The van der Waals surface area contributed by atoms with Gasteiger partial charge in [0, 0.05) is 18.7 Å². The van der Waals surface area contributed by atoms with Gasteiger partial charge in [-0.2, -0.15) is 0 Å². The third-order valence-corrected chi connectivity index (χ3v) is 3.64. The van der Waals surface area contributed by atoms with Gasteiger partial charge in [0.25, 0.3) is 17.3 Å². The maximum atomic E-state index is 12.2. The van der Waals surface area contributed by atoms with Gasteiger partial charge < -0.3 is 10.6 Å². The van der Waals surface area contributed by atoms with E-state index in [4.69, 9.17) is 0 Å². The second-order valence-electron chi connectivity index (χ2n) is 5.65. The van der Waals surface area contributed by atoms with Crippen molar-refractivity contribution >= 4 is 23.2 Å². The highest BCUT2D eigenvalue weighted by Crippen LogP contribution is 2.22. The molecule has 1 unspecified atom stereocenters. The number of carbonyl (C=O) groups excluding carboxylic acids is 2. The second-order valence-corrected chi connectivity index (χ2v) is 5.65. The first kappa shape index (κ1) is 19.5. The molecule has 0 aliphatic carbocycles. The molecule has 10 nitrogen and oxygen atoms in total. The molecule has 2 N–H and O–H groups in total. The normalized spacial score (nSPS) is 11.3. The van der Waals surface area contributed by atoms with Crippen molar-refractivity contribution in [1.29, 1.82) is 0 Å². The Morgan fingerprint density at radius 2 is 1.56 bits per heavy atom. The molecule has 2 amide bonds. The fraction of sp³-hybridized carbons (Fsp3) is 0.176. The molecule has 0 saturated carbocycles. The van der Waals surface area contributed by atoms with E-state index in [1.165, 1.54) is 6.92 Å². The van der Waals surface area contributed by atoms with Gasteiger partial charge >= 0.3 is 0 Å². The molecule has 10 heteroatoms. The zero-order chi connectivity index (χ0) is 20.0. The second kappa shape index (κ2) is 8.52. The third-order valence-electron chi connectivity index (χ3n) is 3.64. The molecule has 27 heavy (non-hydrogen) atoms. The number of nitrogens with zero attached hydrogens (tertiary/aromatic N) is 2. The van der Waals surface area contributed by atoms with Crippen LogP contribution in [-0.4, -0.2) is 27.7 Å². The molecule has 1 atom stereocenters. The summed E-state index contributed by atoms with van der Waals surface area (Å²) in [6.45, 7) is 1.70. The van der Waals surface area contributed by atoms with Crippen molar-refractivity contribution in [2.24, 2.45) is 0 Å². The topological polar surface area (TPSA) is 144 Å². The number of benzene rings is 2. The minimum Gasteiger partial charge on any atom is -0.350 e. The lowest BCUT2D eigenvalue weighted by molar-refractivity contribution is -0.394. The van der Waals surface area contributed by atoms with Crippen LogP contribution in [0, 0.1) is 20.2 Å². The summed E-state index contributed by atoms with van der Waals surface area (Å²) in [4.78, 5) is 44.4. The first-order chi connectivity index (χ1) is 12.8. The molecule has 2 aromatic rings. The average molecular weight is 372 g/mol. The first-order valence-corrected chi connectivity index (χ1v) is 7.84. The average Bonchev–Trinajstić information content (AvgIpc) is 2.66. The van der Waals surface area contributed by atoms with Crippen molar-refractivity contribution in [3.05, 3.63) is 79.9 Å². The van der Waals surface area contributed by atoms with Gasteiger partial charge in [0.05, 0.1) is 21.5 Å². The van der Waals surface area contributed by atoms with Gasteiger partial charge in [0.15, 0.2) is 0 Å². The van der Waals surface area contributed by atoms with Crippen LogP contribution in [0.25, 0.3) is 0 Å². The Morgan fingerprint density at radius 1 is 1.00 bits per heavy atom. The van der Waals surface area contributed by atoms with Gasteiger partial charge in [-0.15, -0.1) is 0 Å². The van der Waals surface area contributed by atoms with E-state index in [2.05, 4.69) is 10.6 Å². The van der Waals surface area contributed by atoms with Crippen LogP contribution in [0.5, 0.6) is 0 Å². The summed E-state index contributed by atoms with van der Waals surface area (Å²) in [6, 6.07) is 10.8. The van der Waals surface area contributed by atoms with Crippen molar-refractivity contribution in [3.8, 4) is 0 Å². The Labute approximate surface area is 153 Å². The predicted molar refractivity (Wildman–Crippen MR) is 95.0 cm³/mol. The van der Waals surface area contributed by atoms with Crippen molar-refractivity contribution in [2.45, 2.75) is 19.5 Å². The minimum atomic E-state index is -0.945. The van der Waals surface area contributed by atoms with E-state index in [0.717, 1.165) is 23.8 Å². The van der Waals surface area contributed by atoms with E-state index < -0.39 is 39.1 Å². The third kappa shape index (κ3) is 5.33. The molecule has 0 radical (unpaired) electrons. The van der Waals surface area contributed by atoms with E-state index in [1.807, 2.05) is 30.3 Å². The maximum Gasteiger partial charge on any atom is 0.277 e. The highest BCUT2D eigenvalue weighted by Gasteiger charge is 2.22. The van der Waals surface area contributed by atoms with Crippen molar-refractivity contribution in [3.63, 3.8) is 0 Å². The summed E-state index contributed by atoms with van der Waals surface area (Å²) in [5.74, 6) is -1.30. The van der Waals surface area contributed by atoms with E-state index in [9.17, 15) is 29.8 Å². The molecule has 0 aliphatic rings. The Bertz CT molecular complexity index is 852. The van der Waals surface area contributed by atoms with Crippen LogP contribution >= 0.6 is 0 Å². The van der Waals surface area contributed by atoms with Crippen molar-refractivity contribution < 1.29 is 19.4 Å². The summed E-state index contributed by atoms with van der Waals surface area (Å²) in [6.07, 6.45) is 0. The van der Waals surface area contributed by atoms with Crippen molar-refractivity contribution in [1.82, 2.24) is 10.6 Å². The molecule has 2 aromatic carbocycles. The van der Waals surface area contributed by atoms with E-state index in [1.54, 1.807) is 0 Å². The molecule has 2 rings (SSSR count). The van der Waals surface area contributed by atoms with Crippen LogP contribution in [0.2, 0.25) is 0 Å². The predicted octanol–water partition coefficient (Wildman–Crippen LogP) is 1.94. The molecular formula is C17H16N4O6. The van der Waals surface area contributed by atoms with E-state index in [0.29, 0.717) is 0 Å². The summed E-state index contributed by atoms with van der Waals surface area (Å²) < 4.78 is 0. The van der Waals surface area contributed by atoms with Gasteiger partial charge in [-0.05, 0) is 12.5 Å². The number of amides is 2. The molecule has 0 spiro atoms. The van der Waals surface area contributed by atoms with Crippen LogP contribution in [-0.2, 0) is 11.3 Å². The fourth-order valence-electron chi connectivity index (χ4n) is 2.22. The number of rotatable bonds is 7. The lowest BCUT2D eigenvalue weighted by Gasteiger charge is -2.14. The molecule has 0 bridgehead atoms. The highest BCUT2D eigenvalue weighted by atomic mass is 16.6. The van der Waals surface area contributed by atoms with E-state index in [-0.39, 0.29) is 12.1 Å². The maximum absolute atomic E-state index is 12.2. The molecule has 0 heterocycles. The SMILES string of the molecule is CC(NC(=O)c1cc([N+](=O)[O-])cc([N+](=O)[O-])c1)C(=O)NCc1ccccc1. The van der Waals surface area contributed by atoms with Gasteiger partial charge in [0.1, 0.15) is 6.04 Å². The van der Waals surface area contributed by atoms with Gasteiger partial charge in [-0.25, -0.2) is 0 Å². The van der Waals surface area contributed by atoms with Gasteiger partial charge in [0.2, 0.25) is 5.91 Å². The van der Waals surface area contributed by atoms with Crippen LogP contribution in [0.3, 0.4) is 0 Å². The molecule has 0 saturated heterocycles. The summed E-state index contributed by atoms with van der Waals surface area (Å²) in [5.41, 5.74) is -0.580. The number of nitrogens with one attached hydrogen (secondary N) is 2. The van der Waals surface area contributed by atoms with Crippen LogP contribution < -0.4 is 10.6 Å². The van der Waals surface area contributed by atoms with Gasteiger partial charge in [-0.1, -0.05) is 30.3 Å². The minimum absolute atomic E-state index is 0.266. The quantitative estimate of drug-likeness (QED) is 0.561. The monoisotopic (exact) mass is 372 g/mol.